The summed E-state index contributed by atoms with van der Waals surface area (Å²) in [4.78, 5) is 4.18. The second kappa shape index (κ2) is 6.00. The Morgan fingerprint density at radius 1 is 1.25 bits per heavy atom. The van der Waals surface area contributed by atoms with Crippen molar-refractivity contribution in [3.63, 3.8) is 0 Å². The average molecular weight is 309 g/mol. The van der Waals surface area contributed by atoms with E-state index in [-0.39, 0.29) is 0 Å². The van der Waals surface area contributed by atoms with E-state index in [1.54, 1.807) is 18.3 Å². The van der Waals surface area contributed by atoms with Gasteiger partial charge in [0, 0.05) is 29.9 Å². The standard InChI is InChI=1S/C15H14Cl2N2O/c16-11-2-1-3-13(7-11)20-15-6-10(14(17)9-19-15)8-18-12-4-5-12/h1-3,6-7,9,12,18H,4-5,8H2. The molecular weight excluding hydrogens is 295 g/mol. The van der Waals surface area contributed by atoms with Crippen LogP contribution in [0.3, 0.4) is 0 Å². The van der Waals surface area contributed by atoms with Gasteiger partial charge < -0.3 is 10.1 Å². The second-order valence-corrected chi connectivity index (χ2v) is 5.67. The predicted molar refractivity (Wildman–Crippen MR) is 80.6 cm³/mol. The molecule has 0 spiro atoms. The van der Waals surface area contributed by atoms with Gasteiger partial charge in [-0.1, -0.05) is 29.3 Å². The molecule has 2 aromatic rings. The van der Waals surface area contributed by atoms with Crippen LogP contribution < -0.4 is 10.1 Å². The van der Waals surface area contributed by atoms with Crippen molar-refractivity contribution in [3.8, 4) is 11.6 Å². The van der Waals surface area contributed by atoms with Crippen molar-refractivity contribution in [3.05, 3.63) is 52.1 Å². The Morgan fingerprint density at radius 2 is 2.10 bits per heavy atom. The molecule has 1 N–H and O–H groups in total. The molecule has 0 atom stereocenters. The number of benzene rings is 1. The molecule has 0 bridgehead atoms. The predicted octanol–water partition coefficient (Wildman–Crippen LogP) is 4.43. The maximum Gasteiger partial charge on any atom is 0.219 e. The molecule has 1 aromatic carbocycles. The molecule has 104 valence electrons. The summed E-state index contributed by atoms with van der Waals surface area (Å²) >= 11 is 12.1. The molecule has 1 heterocycles. The zero-order chi connectivity index (χ0) is 13.9. The summed E-state index contributed by atoms with van der Waals surface area (Å²) in [6.07, 6.45) is 4.11. The SMILES string of the molecule is Clc1cccc(Oc2cc(CNC3CC3)c(Cl)cn2)c1. The first-order valence-electron chi connectivity index (χ1n) is 6.52. The third-order valence-corrected chi connectivity index (χ3v) is 3.66. The van der Waals surface area contributed by atoms with Gasteiger partial charge in [-0.2, -0.15) is 0 Å². The first-order valence-corrected chi connectivity index (χ1v) is 7.27. The molecule has 1 aliphatic carbocycles. The normalized spacial score (nSPS) is 14.3. The fraction of sp³-hybridized carbons (Fsp3) is 0.267. The first-order chi connectivity index (χ1) is 9.70. The fourth-order valence-corrected chi connectivity index (χ4v) is 2.19. The maximum absolute atomic E-state index is 6.15. The van der Waals surface area contributed by atoms with E-state index in [4.69, 9.17) is 27.9 Å². The molecule has 0 saturated heterocycles. The zero-order valence-electron chi connectivity index (χ0n) is 10.8. The van der Waals surface area contributed by atoms with Crippen molar-refractivity contribution in [2.24, 2.45) is 0 Å². The number of aromatic nitrogens is 1. The third kappa shape index (κ3) is 3.63. The van der Waals surface area contributed by atoms with Crippen LogP contribution in [0.4, 0.5) is 0 Å². The van der Waals surface area contributed by atoms with Crippen LogP contribution in [0.15, 0.2) is 36.5 Å². The lowest BCUT2D eigenvalue weighted by Crippen LogP contribution is -2.15. The number of rotatable bonds is 5. The van der Waals surface area contributed by atoms with Gasteiger partial charge in [0.15, 0.2) is 0 Å². The Bertz CT molecular complexity index is 615. The van der Waals surface area contributed by atoms with Crippen LogP contribution in [0.5, 0.6) is 11.6 Å². The van der Waals surface area contributed by atoms with E-state index in [0.717, 1.165) is 12.1 Å². The van der Waals surface area contributed by atoms with E-state index in [1.165, 1.54) is 12.8 Å². The molecule has 0 unspecified atom stereocenters. The van der Waals surface area contributed by atoms with E-state index < -0.39 is 0 Å². The molecule has 5 heteroatoms. The molecule has 1 aromatic heterocycles. The van der Waals surface area contributed by atoms with Crippen LogP contribution in [-0.2, 0) is 6.54 Å². The minimum absolute atomic E-state index is 0.518. The average Bonchev–Trinajstić information content (AvgIpc) is 3.23. The highest BCUT2D eigenvalue weighted by Crippen LogP contribution is 2.26. The molecular formula is C15H14Cl2N2O. The second-order valence-electron chi connectivity index (χ2n) is 4.83. The van der Waals surface area contributed by atoms with Gasteiger partial charge in [-0.05, 0) is 36.6 Å². The van der Waals surface area contributed by atoms with Crippen LogP contribution >= 0.6 is 23.2 Å². The molecule has 0 amide bonds. The number of nitrogens with one attached hydrogen (secondary N) is 1. The van der Waals surface area contributed by atoms with Gasteiger partial charge in [0.05, 0.1) is 5.02 Å². The van der Waals surface area contributed by atoms with Crippen molar-refractivity contribution in [2.75, 3.05) is 0 Å². The minimum Gasteiger partial charge on any atom is -0.439 e. The number of hydrogen-bond acceptors (Lipinski definition) is 3. The van der Waals surface area contributed by atoms with Gasteiger partial charge in [-0.25, -0.2) is 4.98 Å². The van der Waals surface area contributed by atoms with E-state index in [1.807, 2.05) is 18.2 Å². The minimum atomic E-state index is 0.518. The van der Waals surface area contributed by atoms with Crippen LogP contribution in [0, 0.1) is 0 Å². The summed E-state index contributed by atoms with van der Waals surface area (Å²) in [5.41, 5.74) is 0.991. The molecule has 1 fully saturated rings. The fourth-order valence-electron chi connectivity index (χ4n) is 1.84. The lowest BCUT2D eigenvalue weighted by molar-refractivity contribution is 0.461. The van der Waals surface area contributed by atoms with E-state index >= 15 is 0 Å². The zero-order valence-corrected chi connectivity index (χ0v) is 12.3. The topological polar surface area (TPSA) is 34.1 Å². The van der Waals surface area contributed by atoms with Crippen molar-refractivity contribution in [1.82, 2.24) is 10.3 Å². The van der Waals surface area contributed by atoms with Crippen molar-refractivity contribution in [1.29, 1.82) is 0 Å². The number of nitrogens with zero attached hydrogens (tertiary/aromatic N) is 1. The van der Waals surface area contributed by atoms with Gasteiger partial charge in [0.25, 0.3) is 0 Å². The maximum atomic E-state index is 6.15. The highest BCUT2D eigenvalue weighted by Gasteiger charge is 2.20. The van der Waals surface area contributed by atoms with E-state index in [2.05, 4.69) is 10.3 Å². The van der Waals surface area contributed by atoms with Crippen molar-refractivity contribution < 1.29 is 4.74 Å². The van der Waals surface area contributed by atoms with Crippen LogP contribution in [0.25, 0.3) is 0 Å². The lowest BCUT2D eigenvalue weighted by atomic mass is 10.2. The van der Waals surface area contributed by atoms with Gasteiger partial charge in [0.2, 0.25) is 5.88 Å². The Labute approximate surface area is 127 Å². The van der Waals surface area contributed by atoms with Gasteiger partial charge in [0.1, 0.15) is 5.75 Å². The lowest BCUT2D eigenvalue weighted by Gasteiger charge is -2.09. The first kappa shape index (κ1) is 13.7. The Kier molecular flexibility index (Phi) is 4.10. The van der Waals surface area contributed by atoms with Crippen molar-refractivity contribution >= 4 is 23.2 Å². The van der Waals surface area contributed by atoms with E-state index in [9.17, 15) is 0 Å². The third-order valence-electron chi connectivity index (χ3n) is 3.09. The summed E-state index contributed by atoms with van der Waals surface area (Å²) in [5.74, 6) is 1.18. The largest absolute Gasteiger partial charge is 0.439 e. The molecule has 1 aliphatic rings. The summed E-state index contributed by atoms with van der Waals surface area (Å²) < 4.78 is 5.70. The molecule has 0 radical (unpaired) electrons. The molecule has 20 heavy (non-hydrogen) atoms. The highest BCUT2D eigenvalue weighted by molar-refractivity contribution is 6.31. The molecule has 3 nitrogen and oxygen atoms in total. The Hall–Kier alpha value is -1.29. The monoisotopic (exact) mass is 308 g/mol. The van der Waals surface area contributed by atoms with Gasteiger partial charge in [-0.15, -0.1) is 0 Å². The van der Waals surface area contributed by atoms with Crippen LogP contribution in [-0.4, -0.2) is 11.0 Å². The van der Waals surface area contributed by atoms with Gasteiger partial charge in [-0.3, -0.25) is 0 Å². The Balaban J connectivity index is 1.73. The summed E-state index contributed by atoms with van der Waals surface area (Å²) in [5, 5.41) is 4.71. The van der Waals surface area contributed by atoms with Crippen molar-refractivity contribution in [2.45, 2.75) is 25.4 Å². The Morgan fingerprint density at radius 3 is 2.85 bits per heavy atom. The van der Waals surface area contributed by atoms with E-state index in [0.29, 0.717) is 27.7 Å². The smallest absolute Gasteiger partial charge is 0.219 e. The number of halogens is 2. The number of pyridine rings is 1. The van der Waals surface area contributed by atoms with Crippen LogP contribution in [0.1, 0.15) is 18.4 Å². The molecule has 1 saturated carbocycles. The summed E-state index contributed by atoms with van der Waals surface area (Å²) in [6.45, 7) is 0.734. The molecule has 0 aliphatic heterocycles. The molecule has 3 rings (SSSR count). The number of hydrogen-bond donors (Lipinski definition) is 1. The quantitative estimate of drug-likeness (QED) is 0.887. The highest BCUT2D eigenvalue weighted by atomic mass is 35.5. The number of ether oxygens (including phenoxy) is 1. The summed E-state index contributed by atoms with van der Waals surface area (Å²) in [6, 6.07) is 9.72. The van der Waals surface area contributed by atoms with Gasteiger partial charge >= 0.3 is 0 Å². The van der Waals surface area contributed by atoms with Crippen LogP contribution in [0.2, 0.25) is 10.0 Å². The summed E-state index contributed by atoms with van der Waals surface area (Å²) in [7, 11) is 0.